The third kappa shape index (κ3) is 5.07. The average Bonchev–Trinajstić information content (AvgIpc) is 3.12. The maximum atomic E-state index is 11.6. The van der Waals surface area contributed by atoms with Gasteiger partial charge in [-0.1, -0.05) is 20.8 Å². The average molecular weight is 241 g/mol. The van der Waals surface area contributed by atoms with Gasteiger partial charge in [0.2, 0.25) is 0 Å². The van der Waals surface area contributed by atoms with E-state index in [1.807, 2.05) is 6.92 Å². The second-order valence-corrected chi connectivity index (χ2v) is 5.57. The maximum absolute atomic E-state index is 11.6. The van der Waals surface area contributed by atoms with Crippen molar-refractivity contribution in [2.45, 2.75) is 65.0 Å². The van der Waals surface area contributed by atoms with E-state index in [1.54, 1.807) is 0 Å². The summed E-state index contributed by atoms with van der Waals surface area (Å²) in [5, 5.41) is 3.50. The molecule has 0 aromatic heterocycles. The van der Waals surface area contributed by atoms with E-state index in [0.29, 0.717) is 6.04 Å². The molecule has 0 saturated heterocycles. The summed E-state index contributed by atoms with van der Waals surface area (Å²) in [5.74, 6) is 1.39. The van der Waals surface area contributed by atoms with Crippen LogP contribution in [0.25, 0.3) is 0 Å². The molecule has 0 aromatic rings. The monoisotopic (exact) mass is 241 g/mol. The van der Waals surface area contributed by atoms with Crippen LogP contribution in [0.1, 0.15) is 52.9 Å². The number of methoxy groups -OCH3 is 1. The molecule has 0 aromatic carbocycles. The highest BCUT2D eigenvalue weighted by Gasteiger charge is 2.33. The third-order valence-corrected chi connectivity index (χ3v) is 3.56. The first-order valence-corrected chi connectivity index (χ1v) is 6.92. The van der Waals surface area contributed by atoms with Crippen LogP contribution in [-0.4, -0.2) is 25.2 Å². The Kier molecular flexibility index (Phi) is 5.96. The number of ether oxygens (including phenoxy) is 1. The zero-order valence-corrected chi connectivity index (χ0v) is 11.7. The van der Waals surface area contributed by atoms with Crippen LogP contribution in [0.4, 0.5) is 0 Å². The summed E-state index contributed by atoms with van der Waals surface area (Å²) in [5.41, 5.74) is 0. The quantitative estimate of drug-likeness (QED) is 0.664. The number of nitrogens with one attached hydrogen (secondary N) is 1. The predicted molar refractivity (Wildman–Crippen MR) is 69.8 cm³/mol. The highest BCUT2D eigenvalue weighted by molar-refractivity contribution is 5.75. The predicted octanol–water partition coefficient (Wildman–Crippen LogP) is 2.74. The molecule has 3 nitrogen and oxygen atoms in total. The molecule has 17 heavy (non-hydrogen) atoms. The minimum Gasteiger partial charge on any atom is -0.468 e. The van der Waals surface area contributed by atoms with Crippen molar-refractivity contribution in [2.24, 2.45) is 11.8 Å². The topological polar surface area (TPSA) is 38.3 Å². The molecule has 1 aliphatic carbocycles. The fourth-order valence-electron chi connectivity index (χ4n) is 2.22. The molecular formula is C14H27NO2. The molecule has 1 rings (SSSR count). The lowest BCUT2D eigenvalue weighted by atomic mass is 9.99. The molecule has 0 heterocycles. The highest BCUT2D eigenvalue weighted by atomic mass is 16.5. The second-order valence-electron chi connectivity index (χ2n) is 5.57. The van der Waals surface area contributed by atoms with E-state index in [1.165, 1.54) is 32.8 Å². The zero-order chi connectivity index (χ0) is 12.8. The molecule has 1 aliphatic rings. The molecule has 100 valence electrons. The van der Waals surface area contributed by atoms with E-state index in [2.05, 4.69) is 19.2 Å². The molecular weight excluding hydrogens is 214 g/mol. The fourth-order valence-corrected chi connectivity index (χ4v) is 2.22. The van der Waals surface area contributed by atoms with Gasteiger partial charge in [0.15, 0.2) is 0 Å². The van der Waals surface area contributed by atoms with Gasteiger partial charge in [0.1, 0.15) is 6.04 Å². The van der Waals surface area contributed by atoms with E-state index in [-0.39, 0.29) is 12.0 Å². The number of hydrogen-bond acceptors (Lipinski definition) is 3. The molecule has 0 amide bonds. The molecule has 0 radical (unpaired) electrons. The lowest BCUT2D eigenvalue weighted by molar-refractivity contribution is -0.143. The standard InChI is InChI=1S/C14H27NO2/c1-5-12(14(16)17-4)15-13(11-7-8-11)9-6-10(2)3/h10-13,15H,5-9H2,1-4H3. The van der Waals surface area contributed by atoms with E-state index < -0.39 is 0 Å². The van der Waals surface area contributed by atoms with Gasteiger partial charge in [-0.05, 0) is 43.9 Å². The van der Waals surface area contributed by atoms with Crippen LogP contribution >= 0.6 is 0 Å². The van der Waals surface area contributed by atoms with Gasteiger partial charge >= 0.3 is 5.97 Å². The van der Waals surface area contributed by atoms with Crippen molar-refractivity contribution in [1.82, 2.24) is 5.32 Å². The molecule has 0 aliphatic heterocycles. The van der Waals surface area contributed by atoms with E-state index in [0.717, 1.165) is 18.3 Å². The van der Waals surface area contributed by atoms with Crippen molar-refractivity contribution >= 4 is 5.97 Å². The first kappa shape index (κ1) is 14.5. The third-order valence-electron chi connectivity index (χ3n) is 3.56. The van der Waals surface area contributed by atoms with Crippen molar-refractivity contribution < 1.29 is 9.53 Å². The van der Waals surface area contributed by atoms with Crippen molar-refractivity contribution in [3.05, 3.63) is 0 Å². The van der Waals surface area contributed by atoms with Crippen LogP contribution in [0.15, 0.2) is 0 Å². The smallest absolute Gasteiger partial charge is 0.322 e. The Bertz CT molecular complexity index is 236. The van der Waals surface area contributed by atoms with Crippen LogP contribution in [0, 0.1) is 11.8 Å². The SMILES string of the molecule is CCC(NC(CCC(C)C)C1CC1)C(=O)OC. The Balaban J connectivity index is 2.43. The minimum absolute atomic E-state index is 0.123. The van der Waals surface area contributed by atoms with Gasteiger partial charge < -0.3 is 10.1 Å². The van der Waals surface area contributed by atoms with Crippen molar-refractivity contribution in [3.8, 4) is 0 Å². The number of rotatable bonds is 8. The summed E-state index contributed by atoms with van der Waals surface area (Å²) in [6.45, 7) is 6.53. The van der Waals surface area contributed by atoms with Crippen LogP contribution in [0.2, 0.25) is 0 Å². The lowest BCUT2D eigenvalue weighted by Gasteiger charge is -2.24. The summed E-state index contributed by atoms with van der Waals surface area (Å²) >= 11 is 0. The van der Waals surface area contributed by atoms with Gasteiger partial charge in [-0.2, -0.15) is 0 Å². The van der Waals surface area contributed by atoms with Gasteiger partial charge in [-0.25, -0.2) is 0 Å². The number of esters is 1. The number of carbonyl (C=O) groups is 1. The van der Waals surface area contributed by atoms with E-state index >= 15 is 0 Å². The van der Waals surface area contributed by atoms with Gasteiger partial charge in [-0.3, -0.25) is 4.79 Å². The molecule has 2 unspecified atom stereocenters. The molecule has 2 atom stereocenters. The normalized spacial score (nSPS) is 19.1. The number of carbonyl (C=O) groups excluding carboxylic acids is 1. The largest absolute Gasteiger partial charge is 0.468 e. The first-order chi connectivity index (χ1) is 8.08. The molecule has 0 spiro atoms. The number of hydrogen-bond donors (Lipinski definition) is 1. The Hall–Kier alpha value is -0.570. The maximum Gasteiger partial charge on any atom is 0.322 e. The van der Waals surface area contributed by atoms with Crippen LogP contribution in [-0.2, 0) is 9.53 Å². The Morgan fingerprint density at radius 1 is 1.35 bits per heavy atom. The van der Waals surface area contributed by atoms with Gasteiger partial charge in [0, 0.05) is 6.04 Å². The molecule has 1 fully saturated rings. The van der Waals surface area contributed by atoms with E-state index in [4.69, 9.17) is 4.74 Å². The van der Waals surface area contributed by atoms with Crippen LogP contribution < -0.4 is 5.32 Å². The van der Waals surface area contributed by atoms with E-state index in [9.17, 15) is 4.79 Å². The van der Waals surface area contributed by atoms with Crippen molar-refractivity contribution in [3.63, 3.8) is 0 Å². The molecule has 1 N–H and O–H groups in total. The second kappa shape index (κ2) is 7.00. The summed E-state index contributed by atoms with van der Waals surface area (Å²) in [6, 6.07) is 0.374. The molecule has 0 bridgehead atoms. The molecule has 3 heteroatoms. The Labute approximate surface area is 105 Å². The van der Waals surface area contributed by atoms with Crippen molar-refractivity contribution in [2.75, 3.05) is 7.11 Å². The minimum atomic E-state index is -0.127. The highest BCUT2D eigenvalue weighted by Crippen LogP contribution is 2.35. The first-order valence-electron chi connectivity index (χ1n) is 6.92. The Morgan fingerprint density at radius 2 is 2.00 bits per heavy atom. The van der Waals surface area contributed by atoms with Crippen LogP contribution in [0.5, 0.6) is 0 Å². The lowest BCUT2D eigenvalue weighted by Crippen LogP contribution is -2.44. The molecule has 1 saturated carbocycles. The summed E-state index contributed by atoms with van der Waals surface area (Å²) in [7, 11) is 1.47. The fraction of sp³-hybridized carbons (Fsp3) is 0.929. The van der Waals surface area contributed by atoms with Gasteiger partial charge in [-0.15, -0.1) is 0 Å². The summed E-state index contributed by atoms with van der Waals surface area (Å²) in [4.78, 5) is 11.6. The summed E-state index contributed by atoms with van der Waals surface area (Å²) in [6.07, 6.45) is 5.83. The Morgan fingerprint density at radius 3 is 2.41 bits per heavy atom. The van der Waals surface area contributed by atoms with Gasteiger partial charge in [0.05, 0.1) is 7.11 Å². The summed E-state index contributed by atoms with van der Waals surface area (Å²) < 4.78 is 4.83. The van der Waals surface area contributed by atoms with Crippen molar-refractivity contribution in [1.29, 1.82) is 0 Å². The van der Waals surface area contributed by atoms with Gasteiger partial charge in [0.25, 0.3) is 0 Å². The van der Waals surface area contributed by atoms with Crippen LogP contribution in [0.3, 0.4) is 0 Å². The zero-order valence-electron chi connectivity index (χ0n) is 11.7.